The van der Waals surface area contributed by atoms with Crippen LogP contribution in [-0.4, -0.2) is 17.2 Å². The molecular formula is C19H28BN2S. The van der Waals surface area contributed by atoms with Crippen molar-refractivity contribution >= 4 is 33.9 Å². The van der Waals surface area contributed by atoms with Crippen molar-refractivity contribution in [3.8, 4) is 0 Å². The van der Waals surface area contributed by atoms with Gasteiger partial charge in [0.15, 0.2) is 12.9 Å². The third-order valence-corrected chi connectivity index (χ3v) is 6.14. The smallest absolute Gasteiger partial charge is 0.188 e. The zero-order valence-electron chi connectivity index (χ0n) is 14.4. The largest absolute Gasteiger partial charge is 0.233 e. The Morgan fingerprint density at radius 1 is 0.870 bits per heavy atom. The molecule has 0 atom stereocenters. The second kappa shape index (κ2) is 8.82. The maximum Gasteiger partial charge on any atom is 0.188 e. The van der Waals surface area contributed by atoms with Gasteiger partial charge in [-0.15, -0.1) is 11.3 Å². The normalized spacial score (nSPS) is 19.2. The van der Waals surface area contributed by atoms with E-state index in [2.05, 4.69) is 24.4 Å². The van der Waals surface area contributed by atoms with Gasteiger partial charge >= 0.3 is 0 Å². The molecule has 2 nitrogen and oxygen atoms in total. The molecule has 1 saturated carbocycles. The molecule has 4 heteroatoms. The molecule has 0 unspecified atom stereocenters. The van der Waals surface area contributed by atoms with Crippen molar-refractivity contribution in [2.75, 3.05) is 0 Å². The van der Waals surface area contributed by atoms with E-state index in [-0.39, 0.29) is 0 Å². The summed E-state index contributed by atoms with van der Waals surface area (Å²) in [5, 5.41) is 0. The van der Waals surface area contributed by atoms with Crippen LogP contribution in [0.15, 0.2) is 12.1 Å². The Morgan fingerprint density at radius 2 is 1.48 bits per heavy atom. The zero-order valence-corrected chi connectivity index (χ0v) is 15.2. The first-order valence-corrected chi connectivity index (χ1v) is 10.3. The molecule has 0 bridgehead atoms. The van der Waals surface area contributed by atoms with Crippen molar-refractivity contribution < 1.29 is 0 Å². The quantitative estimate of drug-likeness (QED) is 0.685. The number of thiazole rings is 1. The van der Waals surface area contributed by atoms with Gasteiger partial charge in [-0.2, -0.15) is 0 Å². The first kappa shape index (κ1) is 16.9. The molecular weight excluding hydrogens is 299 g/mol. The van der Waals surface area contributed by atoms with E-state index in [0.717, 1.165) is 10.6 Å². The molecule has 2 aromatic rings. The topological polar surface area (TPSA) is 25.8 Å². The van der Waals surface area contributed by atoms with Crippen molar-refractivity contribution in [2.45, 2.75) is 83.4 Å². The molecule has 2 heterocycles. The van der Waals surface area contributed by atoms with Crippen LogP contribution < -0.4 is 4.91 Å². The van der Waals surface area contributed by atoms with Gasteiger partial charge in [0.05, 0.1) is 4.70 Å². The number of rotatable bonds is 2. The van der Waals surface area contributed by atoms with Gasteiger partial charge in [0.1, 0.15) is 0 Å². The fourth-order valence-electron chi connectivity index (χ4n) is 3.66. The highest BCUT2D eigenvalue weighted by molar-refractivity contribution is 7.26. The van der Waals surface area contributed by atoms with E-state index in [4.69, 9.17) is 4.98 Å². The summed E-state index contributed by atoms with van der Waals surface area (Å²) in [4.78, 5) is 10.6. The summed E-state index contributed by atoms with van der Waals surface area (Å²) in [6.07, 6.45) is 15.3. The molecule has 1 fully saturated rings. The van der Waals surface area contributed by atoms with Gasteiger partial charge < -0.3 is 0 Å². The lowest BCUT2D eigenvalue weighted by atomic mass is 9.84. The van der Waals surface area contributed by atoms with E-state index in [9.17, 15) is 0 Å². The van der Waals surface area contributed by atoms with Crippen LogP contribution in [0.3, 0.4) is 0 Å². The SMILES string of the molecule is C[B]c1nc2nc(C3CCCCCCCCCCC3)ccc2s1. The number of hydrogen-bond acceptors (Lipinski definition) is 3. The molecule has 0 N–H and O–H groups in total. The number of aromatic nitrogens is 2. The van der Waals surface area contributed by atoms with E-state index in [1.54, 1.807) is 11.3 Å². The lowest BCUT2D eigenvalue weighted by molar-refractivity contribution is 0.462. The summed E-state index contributed by atoms with van der Waals surface area (Å²) in [5.41, 5.74) is 2.23. The van der Waals surface area contributed by atoms with Crippen LogP contribution in [0.25, 0.3) is 10.3 Å². The molecule has 0 aromatic carbocycles. The minimum atomic E-state index is 0.634. The fraction of sp³-hybridized carbons (Fsp3) is 0.684. The van der Waals surface area contributed by atoms with Crippen molar-refractivity contribution in [1.29, 1.82) is 0 Å². The van der Waals surface area contributed by atoms with Crippen molar-refractivity contribution in [3.63, 3.8) is 0 Å². The predicted octanol–water partition coefficient (Wildman–Crippen LogP) is 5.46. The van der Waals surface area contributed by atoms with E-state index in [1.807, 2.05) is 6.82 Å². The molecule has 0 aliphatic heterocycles. The van der Waals surface area contributed by atoms with Gasteiger partial charge in [0.25, 0.3) is 0 Å². The Balaban J connectivity index is 1.72. The zero-order chi connectivity index (χ0) is 15.9. The molecule has 1 aliphatic rings. The highest BCUT2D eigenvalue weighted by atomic mass is 32.1. The third-order valence-electron chi connectivity index (χ3n) is 5.06. The predicted molar refractivity (Wildman–Crippen MR) is 102 cm³/mol. The first-order chi connectivity index (χ1) is 11.4. The maximum absolute atomic E-state index is 4.92. The lowest BCUT2D eigenvalue weighted by Gasteiger charge is -2.17. The van der Waals surface area contributed by atoms with E-state index in [1.165, 1.54) is 81.0 Å². The van der Waals surface area contributed by atoms with Crippen LogP contribution in [0.4, 0.5) is 0 Å². The van der Waals surface area contributed by atoms with Gasteiger partial charge in [0, 0.05) is 16.5 Å². The van der Waals surface area contributed by atoms with Crippen LogP contribution in [0, 0.1) is 0 Å². The average molecular weight is 327 g/mol. The number of fused-ring (bicyclic) bond motifs is 1. The molecule has 1 radical (unpaired) electrons. The third kappa shape index (κ3) is 4.79. The number of nitrogens with zero attached hydrogens (tertiary/aromatic N) is 2. The van der Waals surface area contributed by atoms with Crippen LogP contribution >= 0.6 is 11.3 Å². The summed E-state index contributed by atoms with van der Waals surface area (Å²) in [7, 11) is 2.07. The minimum absolute atomic E-state index is 0.634. The van der Waals surface area contributed by atoms with Crippen LogP contribution in [0.2, 0.25) is 6.82 Å². The molecule has 0 spiro atoms. The summed E-state index contributed by atoms with van der Waals surface area (Å²) in [6, 6.07) is 4.49. The van der Waals surface area contributed by atoms with E-state index < -0.39 is 0 Å². The monoisotopic (exact) mass is 327 g/mol. The van der Waals surface area contributed by atoms with Gasteiger partial charge in [-0.3, -0.25) is 0 Å². The minimum Gasteiger partial charge on any atom is -0.233 e. The molecule has 23 heavy (non-hydrogen) atoms. The van der Waals surface area contributed by atoms with E-state index >= 15 is 0 Å². The second-order valence-electron chi connectivity index (χ2n) is 6.85. The maximum atomic E-state index is 4.92. The van der Waals surface area contributed by atoms with Gasteiger partial charge in [-0.25, -0.2) is 9.97 Å². The van der Waals surface area contributed by atoms with Crippen LogP contribution in [0.1, 0.15) is 82.2 Å². The summed E-state index contributed by atoms with van der Waals surface area (Å²) < 4.78 is 1.22. The van der Waals surface area contributed by atoms with Crippen LogP contribution in [-0.2, 0) is 0 Å². The Morgan fingerprint density at radius 3 is 2.09 bits per heavy atom. The summed E-state index contributed by atoms with van der Waals surface area (Å²) in [6.45, 7) is 2.05. The Kier molecular flexibility index (Phi) is 6.50. The highest BCUT2D eigenvalue weighted by Crippen LogP contribution is 2.29. The Hall–Kier alpha value is -0.895. The summed E-state index contributed by atoms with van der Waals surface area (Å²) >= 11 is 1.74. The van der Waals surface area contributed by atoms with E-state index in [0.29, 0.717) is 5.92 Å². The lowest BCUT2D eigenvalue weighted by Crippen LogP contribution is -2.08. The van der Waals surface area contributed by atoms with Crippen molar-refractivity contribution in [3.05, 3.63) is 17.8 Å². The second-order valence-corrected chi connectivity index (χ2v) is 7.92. The number of hydrogen-bond donors (Lipinski definition) is 0. The first-order valence-electron chi connectivity index (χ1n) is 9.43. The van der Waals surface area contributed by atoms with Crippen molar-refractivity contribution in [1.82, 2.24) is 9.97 Å². The molecule has 0 saturated heterocycles. The van der Waals surface area contributed by atoms with Gasteiger partial charge in [0.2, 0.25) is 0 Å². The number of pyridine rings is 1. The van der Waals surface area contributed by atoms with Gasteiger partial charge in [-0.1, -0.05) is 64.6 Å². The molecule has 123 valence electrons. The van der Waals surface area contributed by atoms with Crippen LogP contribution in [0.5, 0.6) is 0 Å². The summed E-state index contributed by atoms with van der Waals surface area (Å²) in [5.74, 6) is 0.634. The fourth-order valence-corrected chi connectivity index (χ4v) is 4.45. The molecule has 0 amide bonds. The molecule has 1 aliphatic carbocycles. The molecule has 3 rings (SSSR count). The Bertz CT molecular complexity index is 598. The van der Waals surface area contributed by atoms with Gasteiger partial charge in [-0.05, 0) is 25.0 Å². The highest BCUT2D eigenvalue weighted by Gasteiger charge is 2.15. The van der Waals surface area contributed by atoms with Crippen molar-refractivity contribution in [2.24, 2.45) is 0 Å². The molecule has 2 aromatic heterocycles. The standard InChI is InChI=1S/C19H28BN2S/c1-20-19-22-18-17(23-19)14-13-16(21-18)15-11-9-7-5-3-2-4-6-8-10-12-15/h13-15H,2-12H2,1H3. The Labute approximate surface area is 145 Å². The average Bonchev–Trinajstić information content (AvgIpc) is 2.97.